The average Bonchev–Trinajstić information content (AvgIpc) is 3.20. The van der Waals surface area contributed by atoms with Gasteiger partial charge in [0.2, 0.25) is 17.3 Å². The Balaban J connectivity index is 1.75. The molecule has 0 saturated carbocycles. The second-order valence-corrected chi connectivity index (χ2v) is 8.31. The molecule has 1 fully saturated rings. The highest BCUT2D eigenvalue weighted by Gasteiger charge is 2.69. The van der Waals surface area contributed by atoms with E-state index in [0.29, 0.717) is 5.16 Å². The van der Waals surface area contributed by atoms with Gasteiger partial charge in [0, 0.05) is 18.4 Å². The van der Waals surface area contributed by atoms with E-state index < -0.39 is 47.3 Å². The van der Waals surface area contributed by atoms with E-state index in [0.717, 1.165) is 30.0 Å². The number of hydrogen-bond acceptors (Lipinski definition) is 11. The molecule has 176 valence electrons. The van der Waals surface area contributed by atoms with Crippen molar-refractivity contribution in [1.29, 1.82) is 0 Å². The summed E-state index contributed by atoms with van der Waals surface area (Å²) in [5.41, 5.74) is -1.83. The summed E-state index contributed by atoms with van der Waals surface area (Å²) in [6, 6.07) is -1.42. The Morgan fingerprint density at radius 1 is 1.47 bits per heavy atom. The molecule has 17 heteroatoms. The minimum absolute atomic E-state index is 0.0383. The lowest BCUT2D eigenvalue weighted by molar-refractivity contribution is -0.260. The molecule has 2 aliphatic heterocycles. The van der Waals surface area contributed by atoms with Crippen LogP contribution in [0.4, 0.5) is 8.78 Å². The molecule has 3 atom stereocenters. The number of hydrogen-bond donors (Lipinski definition) is 3. The third kappa shape index (κ3) is 4.50. The molecule has 2 aliphatic rings. The summed E-state index contributed by atoms with van der Waals surface area (Å²) in [4.78, 5) is 37.7. The van der Waals surface area contributed by atoms with Gasteiger partial charge in [-0.2, -0.15) is 8.78 Å². The van der Waals surface area contributed by atoms with Crippen LogP contribution in [0.25, 0.3) is 0 Å². The summed E-state index contributed by atoms with van der Waals surface area (Å²) in [7, 11) is 1.10. The van der Waals surface area contributed by atoms with Crippen LogP contribution in [0.15, 0.2) is 17.0 Å². The highest BCUT2D eigenvalue weighted by atomic mass is 32.2. The fourth-order valence-electron chi connectivity index (χ4n) is 3.15. The van der Waals surface area contributed by atoms with Gasteiger partial charge in [0.05, 0.1) is 25.2 Å². The maximum absolute atomic E-state index is 12.8. The van der Waals surface area contributed by atoms with Gasteiger partial charge in [-0.25, -0.2) is 9.48 Å². The number of nitrogens with one attached hydrogen (secondary N) is 1. The Morgan fingerprint density at radius 3 is 2.84 bits per heavy atom. The van der Waals surface area contributed by atoms with Crippen LogP contribution in [0.3, 0.4) is 0 Å². The number of halogens is 2. The zero-order valence-electron chi connectivity index (χ0n) is 16.4. The summed E-state index contributed by atoms with van der Waals surface area (Å²) in [6.07, 6.45) is -0.164. The summed E-state index contributed by atoms with van der Waals surface area (Å²) >= 11 is 1.13. The number of rotatable bonds is 11. The van der Waals surface area contributed by atoms with Gasteiger partial charge in [0.1, 0.15) is 0 Å². The summed E-state index contributed by atoms with van der Waals surface area (Å²) < 4.78 is 36.6. The Morgan fingerprint density at radius 2 is 2.22 bits per heavy atom. The number of aromatic nitrogens is 4. The van der Waals surface area contributed by atoms with Gasteiger partial charge in [0.25, 0.3) is 17.4 Å². The number of β-lactam (4-membered cyclic amide) rings is 1. The van der Waals surface area contributed by atoms with Crippen LogP contribution < -0.4 is 5.32 Å². The Kier molecular flexibility index (Phi) is 7.52. The number of thioether (sulfide) groups is 2. The molecule has 1 unspecified atom stereocenters. The van der Waals surface area contributed by atoms with Gasteiger partial charge in [-0.1, -0.05) is 23.5 Å². The van der Waals surface area contributed by atoms with Crippen molar-refractivity contribution in [2.24, 2.45) is 0 Å². The molecule has 3 heterocycles. The number of aliphatic hydroxyl groups excluding tert-OH is 1. The molecule has 0 bridgehead atoms. The minimum Gasteiger partial charge on any atom is -0.479 e. The zero-order valence-corrected chi connectivity index (χ0v) is 18.0. The standard InChI is InChI=1S/C15H18F2N6O7S2/c1-29-15(18-8(25)6-31-13(16)17)11(28)23-9(10(26)27)7(4-30-12(15)23)5-32-14-19-20-21-22(14)2-3-24/h4,9,12-13,24H,2-3,5-6H2,1H3,(H,18,25)(H,26,27)/t9?,12-,15+/m1/s1. The molecule has 3 rings (SSSR count). The van der Waals surface area contributed by atoms with E-state index in [1.807, 2.05) is 0 Å². The topological polar surface area (TPSA) is 169 Å². The van der Waals surface area contributed by atoms with Gasteiger partial charge in [0.15, 0.2) is 6.04 Å². The van der Waals surface area contributed by atoms with Crippen molar-refractivity contribution in [2.45, 2.75) is 35.5 Å². The van der Waals surface area contributed by atoms with Crippen LogP contribution in [0.5, 0.6) is 0 Å². The maximum atomic E-state index is 12.8. The van der Waals surface area contributed by atoms with Crippen LogP contribution in [0.2, 0.25) is 0 Å². The molecular weight excluding hydrogens is 478 g/mol. The summed E-state index contributed by atoms with van der Waals surface area (Å²) in [5.74, 6) is -6.52. The van der Waals surface area contributed by atoms with Gasteiger partial charge in [-0.05, 0) is 10.4 Å². The lowest BCUT2D eigenvalue weighted by Gasteiger charge is -2.56. The van der Waals surface area contributed by atoms with Crippen molar-refractivity contribution in [1.82, 2.24) is 30.4 Å². The van der Waals surface area contributed by atoms with Crippen molar-refractivity contribution in [3.05, 3.63) is 11.8 Å². The van der Waals surface area contributed by atoms with Crippen LogP contribution in [0.1, 0.15) is 0 Å². The largest absolute Gasteiger partial charge is 0.479 e. The van der Waals surface area contributed by atoms with E-state index in [4.69, 9.17) is 14.6 Å². The van der Waals surface area contributed by atoms with E-state index in [1.165, 1.54) is 4.68 Å². The second kappa shape index (κ2) is 9.97. The third-order valence-electron chi connectivity index (χ3n) is 4.53. The molecule has 3 N–H and O–H groups in total. The molecule has 0 radical (unpaired) electrons. The quantitative estimate of drug-likeness (QED) is 0.188. The van der Waals surface area contributed by atoms with E-state index >= 15 is 0 Å². The van der Waals surface area contributed by atoms with Gasteiger partial charge in [-0.15, -0.1) is 5.10 Å². The fraction of sp³-hybridized carbons (Fsp3) is 0.600. The number of carboxylic acid groups (broad SMARTS) is 1. The number of aliphatic hydroxyl groups is 1. The van der Waals surface area contributed by atoms with Gasteiger partial charge in [-0.3, -0.25) is 14.5 Å². The van der Waals surface area contributed by atoms with E-state index in [1.54, 1.807) is 0 Å². The number of fused-ring (bicyclic) bond motifs is 1. The Hall–Kier alpha value is -2.50. The first-order valence-electron chi connectivity index (χ1n) is 8.90. The van der Waals surface area contributed by atoms with Crippen LogP contribution in [0, 0.1) is 0 Å². The van der Waals surface area contributed by atoms with Crippen LogP contribution >= 0.6 is 23.5 Å². The van der Waals surface area contributed by atoms with Crippen molar-refractivity contribution in [3.63, 3.8) is 0 Å². The highest BCUT2D eigenvalue weighted by molar-refractivity contribution is 8.00. The monoisotopic (exact) mass is 496 g/mol. The summed E-state index contributed by atoms with van der Waals surface area (Å²) in [5, 5.41) is 32.3. The van der Waals surface area contributed by atoms with Crippen molar-refractivity contribution in [2.75, 3.05) is 25.2 Å². The first-order valence-corrected chi connectivity index (χ1v) is 10.9. The van der Waals surface area contributed by atoms with Gasteiger partial charge < -0.3 is 25.0 Å². The number of alkyl halides is 2. The number of nitrogens with zero attached hydrogens (tertiary/aromatic N) is 5. The van der Waals surface area contributed by atoms with Gasteiger partial charge >= 0.3 is 5.97 Å². The SMILES string of the molecule is CO[C@@]1(NC(=O)CSC(F)F)C(=O)N2C(C(=O)O)C(CSc3nnnn3CCO)=CO[C@@H]21. The Bertz CT molecular complexity index is 919. The van der Waals surface area contributed by atoms with E-state index in [-0.39, 0.29) is 36.2 Å². The van der Waals surface area contributed by atoms with E-state index in [9.17, 15) is 28.3 Å². The molecule has 0 spiro atoms. The zero-order chi connectivity index (χ0) is 23.5. The summed E-state index contributed by atoms with van der Waals surface area (Å²) in [6.45, 7) is -0.0629. The third-order valence-corrected chi connectivity index (χ3v) is 6.24. The molecule has 1 saturated heterocycles. The molecule has 32 heavy (non-hydrogen) atoms. The molecule has 13 nitrogen and oxygen atoms in total. The van der Waals surface area contributed by atoms with Crippen molar-refractivity contribution in [3.8, 4) is 0 Å². The predicted molar refractivity (Wildman–Crippen MR) is 103 cm³/mol. The molecule has 0 aromatic carbocycles. The number of amides is 2. The Labute approximate surface area is 187 Å². The lowest BCUT2D eigenvalue weighted by Crippen LogP contribution is -2.84. The maximum Gasteiger partial charge on any atom is 0.331 e. The number of carbonyl (C=O) groups is 3. The van der Waals surface area contributed by atoms with Crippen LogP contribution in [-0.4, -0.2) is 102 Å². The molecule has 2 amide bonds. The lowest BCUT2D eigenvalue weighted by atomic mass is 9.91. The first kappa shape index (κ1) is 24.1. The number of ether oxygens (including phenoxy) is 2. The van der Waals surface area contributed by atoms with Crippen molar-refractivity contribution >= 4 is 41.3 Å². The normalized spacial score (nSPS) is 24.5. The minimum atomic E-state index is -2.78. The highest BCUT2D eigenvalue weighted by Crippen LogP contribution is 2.41. The number of carboxylic acids is 1. The number of aliphatic carboxylic acids is 1. The smallest absolute Gasteiger partial charge is 0.331 e. The molecule has 0 aliphatic carbocycles. The number of methoxy groups -OCH3 is 1. The fourth-order valence-corrected chi connectivity index (χ4v) is 4.39. The van der Waals surface area contributed by atoms with Crippen molar-refractivity contribution < 1.29 is 42.9 Å². The van der Waals surface area contributed by atoms with Crippen LogP contribution in [-0.2, 0) is 30.4 Å². The molecule has 1 aromatic heterocycles. The molecular formula is C15H18F2N6O7S2. The van der Waals surface area contributed by atoms with E-state index in [2.05, 4.69) is 20.8 Å². The first-order chi connectivity index (χ1) is 15.2. The number of carbonyl (C=O) groups excluding carboxylic acids is 2. The molecule has 1 aromatic rings. The number of tetrazole rings is 1. The second-order valence-electron chi connectivity index (χ2n) is 6.39. The average molecular weight is 496 g/mol. The predicted octanol–water partition coefficient (Wildman–Crippen LogP) is -1.29.